The van der Waals surface area contributed by atoms with E-state index in [1.165, 1.54) is 25.3 Å². The summed E-state index contributed by atoms with van der Waals surface area (Å²) in [5.74, 6) is 0.128. The predicted molar refractivity (Wildman–Crippen MR) is 101 cm³/mol. The van der Waals surface area contributed by atoms with E-state index in [0.717, 1.165) is 5.69 Å². The molecule has 0 unspecified atom stereocenters. The third kappa shape index (κ3) is 3.57. The lowest BCUT2D eigenvalue weighted by Crippen LogP contribution is -1.96. The molecule has 0 spiro atoms. The Morgan fingerprint density at radius 1 is 1.21 bits per heavy atom. The maximum atomic E-state index is 11.3. The molecule has 1 aromatic heterocycles. The number of nitro groups is 1. The third-order valence-electron chi connectivity index (χ3n) is 3.95. The van der Waals surface area contributed by atoms with Crippen molar-refractivity contribution in [3.63, 3.8) is 0 Å². The number of hydrogen-bond acceptors (Lipinski definition) is 6. The quantitative estimate of drug-likeness (QED) is 0.381. The Hall–Kier alpha value is -4.43. The van der Waals surface area contributed by atoms with E-state index in [1.54, 1.807) is 16.9 Å². The highest BCUT2D eigenvalue weighted by Crippen LogP contribution is 2.33. The Morgan fingerprint density at radius 3 is 2.54 bits per heavy atom. The van der Waals surface area contributed by atoms with Gasteiger partial charge >= 0.3 is 5.69 Å². The summed E-state index contributed by atoms with van der Waals surface area (Å²) < 4.78 is 6.62. The highest BCUT2D eigenvalue weighted by atomic mass is 16.6. The van der Waals surface area contributed by atoms with Crippen molar-refractivity contribution < 1.29 is 9.66 Å². The maximum absolute atomic E-state index is 11.3. The van der Waals surface area contributed by atoms with Gasteiger partial charge in [-0.2, -0.15) is 15.6 Å². The molecule has 0 aliphatic carbocycles. The van der Waals surface area contributed by atoms with Gasteiger partial charge in [0.15, 0.2) is 5.75 Å². The summed E-state index contributed by atoms with van der Waals surface area (Å²) in [5, 5.41) is 34.0. The van der Waals surface area contributed by atoms with Crippen LogP contribution in [0.15, 0.2) is 60.3 Å². The van der Waals surface area contributed by atoms with E-state index in [0.29, 0.717) is 16.8 Å². The molecule has 136 valence electrons. The molecular weight excluding hydrogens is 358 g/mol. The summed E-state index contributed by atoms with van der Waals surface area (Å²) in [7, 11) is 1.35. The Bertz CT molecular complexity index is 1130. The second-order valence-corrected chi connectivity index (χ2v) is 5.64. The van der Waals surface area contributed by atoms with Crippen molar-refractivity contribution in [2.45, 2.75) is 0 Å². The Balaban J connectivity index is 2.22. The fourth-order valence-corrected chi connectivity index (χ4v) is 2.66. The molecule has 2 aromatic carbocycles. The first-order chi connectivity index (χ1) is 13.6. The smallest absolute Gasteiger partial charge is 0.311 e. The number of methoxy groups -OCH3 is 1. The Morgan fingerprint density at radius 2 is 1.93 bits per heavy atom. The highest BCUT2D eigenvalue weighted by Gasteiger charge is 2.19. The lowest BCUT2D eigenvalue weighted by molar-refractivity contribution is -0.385. The second kappa shape index (κ2) is 7.85. The first kappa shape index (κ1) is 18.4. The monoisotopic (exact) mass is 371 g/mol. The number of para-hydroxylation sites is 1. The molecule has 1 heterocycles. The van der Waals surface area contributed by atoms with Crippen molar-refractivity contribution in [3.8, 4) is 34.8 Å². The van der Waals surface area contributed by atoms with Gasteiger partial charge in [-0.3, -0.25) is 10.1 Å². The van der Waals surface area contributed by atoms with Gasteiger partial charge in [-0.25, -0.2) is 4.68 Å². The van der Waals surface area contributed by atoms with Crippen LogP contribution in [0, 0.1) is 32.8 Å². The van der Waals surface area contributed by atoms with Crippen LogP contribution < -0.4 is 4.74 Å². The molecule has 0 fully saturated rings. The summed E-state index contributed by atoms with van der Waals surface area (Å²) in [6.45, 7) is 0. The molecule has 28 heavy (non-hydrogen) atoms. The van der Waals surface area contributed by atoms with E-state index in [2.05, 4.69) is 5.10 Å². The number of nitrogens with zero attached hydrogens (tertiary/aromatic N) is 5. The van der Waals surface area contributed by atoms with Gasteiger partial charge in [0, 0.05) is 23.4 Å². The summed E-state index contributed by atoms with van der Waals surface area (Å²) in [6, 6.07) is 17.3. The van der Waals surface area contributed by atoms with Crippen LogP contribution in [-0.4, -0.2) is 21.8 Å². The number of hydrogen-bond donors (Lipinski definition) is 0. The standard InChI is InChI=1S/C20H13N5O3/c1-28-19-8-7-15(10-18(19)25(26)27)20-16(9-14(11-21)12-22)13-24(23-20)17-5-3-2-4-6-17/h2-10,13H,1H3. The minimum Gasteiger partial charge on any atom is -0.490 e. The molecule has 3 rings (SSSR count). The number of ether oxygens (including phenoxy) is 1. The van der Waals surface area contributed by atoms with Crippen molar-refractivity contribution >= 4 is 11.8 Å². The molecule has 0 saturated carbocycles. The summed E-state index contributed by atoms with van der Waals surface area (Å²) >= 11 is 0. The SMILES string of the molecule is COc1ccc(-c2nn(-c3ccccc3)cc2C=C(C#N)C#N)cc1[N+](=O)[O-]. The normalized spacial score (nSPS) is 9.82. The average molecular weight is 371 g/mol. The Labute approximate surface area is 160 Å². The van der Waals surface area contributed by atoms with Crippen molar-refractivity contribution in [2.24, 2.45) is 0 Å². The van der Waals surface area contributed by atoms with Crippen LogP contribution in [0.5, 0.6) is 5.75 Å². The van der Waals surface area contributed by atoms with Gasteiger partial charge in [-0.15, -0.1) is 0 Å². The average Bonchev–Trinajstić information content (AvgIpc) is 3.15. The number of allylic oxidation sites excluding steroid dienone is 1. The van der Waals surface area contributed by atoms with Gasteiger partial charge in [-0.05, 0) is 30.3 Å². The van der Waals surface area contributed by atoms with E-state index in [1.807, 2.05) is 42.5 Å². The summed E-state index contributed by atoms with van der Waals surface area (Å²) in [6.07, 6.45) is 3.06. The van der Waals surface area contributed by atoms with Gasteiger partial charge in [0.1, 0.15) is 23.4 Å². The van der Waals surface area contributed by atoms with Crippen LogP contribution in [-0.2, 0) is 0 Å². The molecule has 0 N–H and O–H groups in total. The fraction of sp³-hybridized carbons (Fsp3) is 0.0500. The lowest BCUT2D eigenvalue weighted by atomic mass is 10.1. The molecule has 3 aromatic rings. The third-order valence-corrected chi connectivity index (χ3v) is 3.95. The molecule has 0 bridgehead atoms. The zero-order chi connectivity index (χ0) is 20.1. The zero-order valence-corrected chi connectivity index (χ0v) is 14.7. The minimum atomic E-state index is -0.540. The van der Waals surface area contributed by atoms with E-state index >= 15 is 0 Å². The summed E-state index contributed by atoms with van der Waals surface area (Å²) in [4.78, 5) is 10.8. The van der Waals surface area contributed by atoms with Crippen LogP contribution in [0.2, 0.25) is 0 Å². The zero-order valence-electron chi connectivity index (χ0n) is 14.7. The van der Waals surface area contributed by atoms with Gasteiger partial charge in [0.2, 0.25) is 0 Å². The van der Waals surface area contributed by atoms with Crippen LogP contribution in [0.25, 0.3) is 23.0 Å². The van der Waals surface area contributed by atoms with E-state index < -0.39 is 4.92 Å². The molecule has 8 heteroatoms. The maximum Gasteiger partial charge on any atom is 0.311 e. The number of nitro benzene ring substituents is 1. The molecule has 8 nitrogen and oxygen atoms in total. The van der Waals surface area contributed by atoms with Crippen molar-refractivity contribution in [1.29, 1.82) is 10.5 Å². The lowest BCUT2D eigenvalue weighted by Gasteiger charge is -2.04. The topological polar surface area (TPSA) is 118 Å². The van der Waals surface area contributed by atoms with Gasteiger partial charge in [-0.1, -0.05) is 18.2 Å². The number of aromatic nitrogens is 2. The molecule has 0 amide bonds. The molecular formula is C20H13N5O3. The van der Waals surface area contributed by atoms with Gasteiger partial charge in [0.25, 0.3) is 0 Å². The first-order valence-electron chi connectivity index (χ1n) is 8.07. The van der Waals surface area contributed by atoms with Crippen molar-refractivity contribution in [1.82, 2.24) is 9.78 Å². The van der Waals surface area contributed by atoms with Crippen LogP contribution in [0.4, 0.5) is 5.69 Å². The van der Waals surface area contributed by atoms with E-state index in [4.69, 9.17) is 15.3 Å². The number of benzene rings is 2. The predicted octanol–water partition coefficient (Wildman–Crippen LogP) is 3.89. The molecule has 0 aliphatic rings. The molecule has 0 saturated heterocycles. The largest absolute Gasteiger partial charge is 0.490 e. The molecule has 0 radical (unpaired) electrons. The fourth-order valence-electron chi connectivity index (χ4n) is 2.66. The highest BCUT2D eigenvalue weighted by molar-refractivity contribution is 5.77. The van der Waals surface area contributed by atoms with Crippen LogP contribution in [0.1, 0.15) is 5.56 Å². The molecule has 0 aliphatic heterocycles. The van der Waals surface area contributed by atoms with Crippen LogP contribution in [0.3, 0.4) is 0 Å². The Kier molecular flexibility index (Phi) is 5.15. The van der Waals surface area contributed by atoms with Crippen molar-refractivity contribution in [2.75, 3.05) is 7.11 Å². The molecule has 0 atom stereocenters. The van der Waals surface area contributed by atoms with Crippen molar-refractivity contribution in [3.05, 3.63) is 76.0 Å². The van der Waals surface area contributed by atoms with E-state index in [-0.39, 0.29) is 17.0 Å². The summed E-state index contributed by atoms with van der Waals surface area (Å²) in [5.41, 5.74) is 1.81. The second-order valence-electron chi connectivity index (χ2n) is 5.64. The minimum absolute atomic E-state index is 0.100. The van der Waals surface area contributed by atoms with Gasteiger partial charge < -0.3 is 4.74 Å². The number of nitriles is 2. The van der Waals surface area contributed by atoms with Gasteiger partial charge in [0.05, 0.1) is 17.7 Å². The first-order valence-corrected chi connectivity index (χ1v) is 8.07. The van der Waals surface area contributed by atoms with Crippen LogP contribution >= 0.6 is 0 Å². The number of rotatable bonds is 5. The van der Waals surface area contributed by atoms with E-state index in [9.17, 15) is 10.1 Å².